The summed E-state index contributed by atoms with van der Waals surface area (Å²) in [5, 5.41) is 0. The third-order valence-corrected chi connectivity index (χ3v) is 4.93. The molecule has 1 aromatic carbocycles. The zero-order valence-electron chi connectivity index (χ0n) is 17.4. The minimum absolute atomic E-state index is 0.224. The second kappa shape index (κ2) is 9.78. The molecule has 0 N–H and O–H groups in total. The molecule has 0 fully saturated rings. The lowest BCUT2D eigenvalue weighted by Crippen LogP contribution is -2.14. The zero-order chi connectivity index (χ0) is 21.5. The Kier molecular flexibility index (Phi) is 6.91. The highest BCUT2D eigenvalue weighted by atomic mass is 16.5. The molecule has 0 aliphatic carbocycles. The minimum Gasteiger partial charge on any atom is -0.497 e. The van der Waals surface area contributed by atoms with Crippen molar-refractivity contribution < 1.29 is 23.5 Å². The van der Waals surface area contributed by atoms with Crippen LogP contribution in [0.25, 0.3) is 6.08 Å². The number of carbonyl (C=O) groups is 2. The van der Waals surface area contributed by atoms with E-state index >= 15 is 0 Å². The van der Waals surface area contributed by atoms with Crippen molar-refractivity contribution in [1.82, 2.24) is 4.57 Å². The summed E-state index contributed by atoms with van der Waals surface area (Å²) in [6.45, 7) is 4.33. The second-order valence-corrected chi connectivity index (χ2v) is 6.91. The molecule has 0 spiro atoms. The topological polar surface area (TPSA) is 70.7 Å². The van der Waals surface area contributed by atoms with Gasteiger partial charge in [-0.1, -0.05) is 12.1 Å². The summed E-state index contributed by atoms with van der Waals surface area (Å²) < 4.78 is 17.5. The first kappa shape index (κ1) is 21.2. The van der Waals surface area contributed by atoms with Crippen LogP contribution in [0.2, 0.25) is 0 Å². The van der Waals surface area contributed by atoms with Gasteiger partial charge in [-0.05, 0) is 62.2 Å². The van der Waals surface area contributed by atoms with E-state index in [0.717, 1.165) is 30.1 Å². The number of aryl methyl sites for hydroxylation is 2. The summed E-state index contributed by atoms with van der Waals surface area (Å²) in [4.78, 5) is 24.4. The molecule has 0 amide bonds. The fraction of sp³-hybridized carbons (Fsp3) is 0.250. The number of nitrogens with zero attached hydrogens (tertiary/aromatic N) is 1. The number of rotatable bonds is 9. The molecule has 0 atom stereocenters. The Morgan fingerprint density at radius 3 is 2.57 bits per heavy atom. The third kappa shape index (κ3) is 5.29. The summed E-state index contributed by atoms with van der Waals surface area (Å²) >= 11 is 0. The Morgan fingerprint density at radius 1 is 1.13 bits per heavy atom. The van der Waals surface area contributed by atoms with Crippen LogP contribution in [0, 0.1) is 13.8 Å². The van der Waals surface area contributed by atoms with Gasteiger partial charge in [0.2, 0.25) is 5.78 Å². The van der Waals surface area contributed by atoms with Crippen LogP contribution in [0.5, 0.6) is 5.75 Å². The summed E-state index contributed by atoms with van der Waals surface area (Å²) in [6.07, 6.45) is 5.08. The van der Waals surface area contributed by atoms with Crippen molar-refractivity contribution in [2.24, 2.45) is 0 Å². The molecule has 0 radical (unpaired) electrons. The first-order chi connectivity index (χ1) is 14.5. The first-order valence-electron chi connectivity index (χ1n) is 9.69. The van der Waals surface area contributed by atoms with Crippen LogP contribution in [0.1, 0.15) is 33.1 Å². The highest BCUT2D eigenvalue weighted by Gasteiger charge is 2.17. The number of furan rings is 1. The standard InChI is InChI=1S/C24H25NO5/c1-17-15-22(23(26)16-30-24(27)11-10-21-5-4-14-29-21)18(2)25(17)13-12-19-6-8-20(28-3)9-7-19/h4-11,14-15H,12-13,16H2,1-3H3. The van der Waals surface area contributed by atoms with Crippen LogP contribution in [0.4, 0.5) is 0 Å². The molecule has 0 unspecified atom stereocenters. The molecular weight excluding hydrogens is 382 g/mol. The molecule has 6 heteroatoms. The quantitative estimate of drug-likeness (QED) is 0.299. The number of methoxy groups -OCH3 is 1. The van der Waals surface area contributed by atoms with Gasteiger partial charge >= 0.3 is 5.97 Å². The molecule has 2 heterocycles. The highest BCUT2D eigenvalue weighted by molar-refractivity contribution is 6.00. The average molecular weight is 407 g/mol. The number of ether oxygens (including phenoxy) is 2. The van der Waals surface area contributed by atoms with Gasteiger partial charge in [-0.15, -0.1) is 0 Å². The highest BCUT2D eigenvalue weighted by Crippen LogP contribution is 2.18. The molecule has 0 bridgehead atoms. The Balaban J connectivity index is 1.58. The van der Waals surface area contributed by atoms with E-state index in [4.69, 9.17) is 13.9 Å². The van der Waals surface area contributed by atoms with Gasteiger partial charge in [-0.3, -0.25) is 4.79 Å². The van der Waals surface area contributed by atoms with Crippen LogP contribution >= 0.6 is 0 Å². The molecular formula is C24H25NO5. The van der Waals surface area contributed by atoms with E-state index < -0.39 is 5.97 Å². The Hall–Kier alpha value is -3.54. The largest absolute Gasteiger partial charge is 0.497 e. The van der Waals surface area contributed by atoms with E-state index in [-0.39, 0.29) is 12.4 Å². The molecule has 0 aliphatic heterocycles. The van der Waals surface area contributed by atoms with E-state index in [2.05, 4.69) is 4.57 Å². The van der Waals surface area contributed by atoms with E-state index in [1.807, 2.05) is 44.2 Å². The van der Waals surface area contributed by atoms with Crippen LogP contribution in [0.3, 0.4) is 0 Å². The fourth-order valence-corrected chi connectivity index (χ4v) is 3.26. The normalized spacial score (nSPS) is 11.0. The van der Waals surface area contributed by atoms with Crippen molar-refractivity contribution in [1.29, 1.82) is 0 Å². The predicted molar refractivity (Wildman–Crippen MR) is 114 cm³/mol. The maximum absolute atomic E-state index is 12.6. The first-order valence-corrected chi connectivity index (χ1v) is 9.69. The van der Waals surface area contributed by atoms with Crippen molar-refractivity contribution in [3.8, 4) is 5.75 Å². The van der Waals surface area contributed by atoms with Crippen molar-refractivity contribution >= 4 is 17.8 Å². The number of hydrogen-bond acceptors (Lipinski definition) is 5. The smallest absolute Gasteiger partial charge is 0.331 e. The fourth-order valence-electron chi connectivity index (χ4n) is 3.26. The average Bonchev–Trinajstić information content (AvgIpc) is 3.37. The minimum atomic E-state index is -0.590. The Bertz CT molecular complexity index is 1030. The van der Waals surface area contributed by atoms with E-state index in [1.54, 1.807) is 19.2 Å². The predicted octanol–water partition coefficient (Wildman–Crippen LogP) is 4.39. The van der Waals surface area contributed by atoms with Crippen molar-refractivity contribution in [3.63, 3.8) is 0 Å². The number of hydrogen-bond donors (Lipinski definition) is 0. The monoisotopic (exact) mass is 407 g/mol. The van der Waals surface area contributed by atoms with E-state index in [1.165, 1.54) is 24.0 Å². The number of benzene rings is 1. The molecule has 0 saturated carbocycles. The van der Waals surface area contributed by atoms with Gasteiger partial charge in [0.1, 0.15) is 11.5 Å². The van der Waals surface area contributed by atoms with Crippen LogP contribution in [-0.2, 0) is 22.5 Å². The van der Waals surface area contributed by atoms with Crippen LogP contribution in [0.15, 0.2) is 59.2 Å². The Labute approximate surface area is 175 Å². The molecule has 156 valence electrons. The summed E-state index contributed by atoms with van der Waals surface area (Å²) in [7, 11) is 1.65. The molecule has 3 rings (SSSR count). The van der Waals surface area contributed by atoms with Gasteiger partial charge in [-0.2, -0.15) is 0 Å². The van der Waals surface area contributed by atoms with Crippen molar-refractivity contribution in [3.05, 3.63) is 83.1 Å². The maximum atomic E-state index is 12.6. The van der Waals surface area contributed by atoms with Gasteiger partial charge in [0.25, 0.3) is 0 Å². The molecule has 2 aromatic heterocycles. The lowest BCUT2D eigenvalue weighted by Gasteiger charge is -2.10. The lowest BCUT2D eigenvalue weighted by molar-refractivity contribution is -0.136. The summed E-state index contributed by atoms with van der Waals surface area (Å²) in [5.74, 6) is 0.554. The van der Waals surface area contributed by atoms with Gasteiger partial charge in [0, 0.05) is 29.6 Å². The molecule has 0 saturated heterocycles. The second-order valence-electron chi connectivity index (χ2n) is 6.91. The van der Waals surface area contributed by atoms with Gasteiger partial charge in [0.15, 0.2) is 6.61 Å². The number of aromatic nitrogens is 1. The lowest BCUT2D eigenvalue weighted by atomic mass is 10.1. The molecule has 30 heavy (non-hydrogen) atoms. The van der Waals surface area contributed by atoms with Crippen molar-refractivity contribution in [2.75, 3.05) is 13.7 Å². The van der Waals surface area contributed by atoms with Gasteiger partial charge < -0.3 is 18.5 Å². The van der Waals surface area contributed by atoms with Crippen LogP contribution in [-0.4, -0.2) is 30.0 Å². The molecule has 3 aromatic rings. The zero-order valence-corrected chi connectivity index (χ0v) is 17.4. The van der Waals surface area contributed by atoms with E-state index in [9.17, 15) is 9.59 Å². The van der Waals surface area contributed by atoms with Crippen molar-refractivity contribution in [2.45, 2.75) is 26.8 Å². The maximum Gasteiger partial charge on any atom is 0.331 e. The third-order valence-electron chi connectivity index (χ3n) is 4.93. The number of ketones is 1. The number of carbonyl (C=O) groups excluding carboxylic acids is 2. The van der Waals surface area contributed by atoms with E-state index in [0.29, 0.717) is 11.3 Å². The van der Waals surface area contributed by atoms with Crippen LogP contribution < -0.4 is 4.74 Å². The van der Waals surface area contributed by atoms with Gasteiger partial charge in [0.05, 0.1) is 13.4 Å². The van der Waals surface area contributed by atoms with Gasteiger partial charge in [-0.25, -0.2) is 4.79 Å². The number of esters is 1. The number of Topliss-reactive ketones (excluding diaryl/α,β-unsaturated/α-hetero) is 1. The summed E-state index contributed by atoms with van der Waals surface area (Å²) in [6, 6.07) is 13.2. The Morgan fingerprint density at radius 2 is 1.90 bits per heavy atom. The summed E-state index contributed by atoms with van der Waals surface area (Å²) in [5.41, 5.74) is 3.63. The molecule has 6 nitrogen and oxygen atoms in total. The molecule has 0 aliphatic rings. The SMILES string of the molecule is COc1ccc(CCn2c(C)cc(C(=O)COC(=O)C=Cc3ccco3)c2C)cc1.